The molecule has 2 aromatic heterocycles. The zero-order chi connectivity index (χ0) is 21.3. The van der Waals surface area contributed by atoms with Crippen LogP contribution in [-0.2, 0) is 13.6 Å². The molecule has 0 radical (unpaired) electrons. The molecular formula is C19H22N6O4. The van der Waals surface area contributed by atoms with Crippen LogP contribution in [0.25, 0.3) is 0 Å². The van der Waals surface area contributed by atoms with Crippen LogP contribution in [0.2, 0.25) is 0 Å². The Morgan fingerprint density at radius 3 is 2.62 bits per heavy atom. The average molecular weight is 398 g/mol. The highest BCUT2D eigenvalue weighted by Gasteiger charge is 2.30. The van der Waals surface area contributed by atoms with E-state index in [1.54, 1.807) is 18.7 Å². The van der Waals surface area contributed by atoms with Gasteiger partial charge in [0.15, 0.2) is 0 Å². The molecule has 10 heteroatoms. The molecule has 0 aliphatic rings. The number of rotatable bonds is 6. The fourth-order valence-corrected chi connectivity index (χ4v) is 3.27. The predicted molar refractivity (Wildman–Crippen MR) is 106 cm³/mol. The first kappa shape index (κ1) is 20.1. The molecule has 0 bridgehead atoms. The molecule has 0 aliphatic carbocycles. The van der Waals surface area contributed by atoms with E-state index in [0.29, 0.717) is 17.9 Å². The normalized spacial score (nSPS) is 10.8. The summed E-state index contributed by atoms with van der Waals surface area (Å²) in [5.74, 6) is 0.142. The van der Waals surface area contributed by atoms with E-state index in [9.17, 15) is 14.9 Å². The minimum absolute atomic E-state index is 0.105. The van der Waals surface area contributed by atoms with Gasteiger partial charge in [-0.05, 0) is 38.5 Å². The van der Waals surface area contributed by atoms with Crippen molar-refractivity contribution in [2.75, 3.05) is 12.4 Å². The van der Waals surface area contributed by atoms with Crippen LogP contribution in [0.3, 0.4) is 0 Å². The Kier molecular flexibility index (Phi) is 5.35. The van der Waals surface area contributed by atoms with E-state index < -0.39 is 10.8 Å². The van der Waals surface area contributed by atoms with Crippen molar-refractivity contribution >= 4 is 17.3 Å². The van der Waals surface area contributed by atoms with Gasteiger partial charge in [-0.15, -0.1) is 0 Å². The van der Waals surface area contributed by atoms with Crippen molar-refractivity contribution in [1.82, 2.24) is 19.6 Å². The lowest BCUT2D eigenvalue weighted by molar-refractivity contribution is -0.385. The number of amides is 1. The second-order valence-corrected chi connectivity index (χ2v) is 6.67. The van der Waals surface area contributed by atoms with Crippen LogP contribution in [0.4, 0.5) is 11.4 Å². The SMILES string of the molecule is COc1cccc(Cn2nc(C)c(NC(=O)c3c([N+](=O)[O-])c(C)nn3C)c2C)c1. The number of aromatic nitrogens is 4. The summed E-state index contributed by atoms with van der Waals surface area (Å²) in [7, 11) is 3.11. The summed E-state index contributed by atoms with van der Waals surface area (Å²) in [6.07, 6.45) is 0. The Morgan fingerprint density at radius 2 is 1.97 bits per heavy atom. The molecule has 0 saturated heterocycles. The number of carbonyl (C=O) groups is 1. The lowest BCUT2D eigenvalue weighted by Crippen LogP contribution is -2.18. The summed E-state index contributed by atoms with van der Waals surface area (Å²) in [6.45, 7) is 5.59. The maximum atomic E-state index is 12.8. The smallest absolute Gasteiger partial charge is 0.322 e. The fourth-order valence-electron chi connectivity index (χ4n) is 3.27. The molecule has 1 N–H and O–H groups in total. The highest BCUT2D eigenvalue weighted by Crippen LogP contribution is 2.26. The molecule has 1 amide bonds. The number of benzene rings is 1. The second-order valence-electron chi connectivity index (χ2n) is 6.67. The first-order valence-electron chi connectivity index (χ1n) is 8.89. The van der Waals surface area contributed by atoms with Crippen molar-refractivity contribution in [3.8, 4) is 5.75 Å². The lowest BCUT2D eigenvalue weighted by Gasteiger charge is -2.08. The summed E-state index contributed by atoms with van der Waals surface area (Å²) in [4.78, 5) is 23.6. The molecule has 1 aromatic carbocycles. The van der Waals surface area contributed by atoms with E-state index in [4.69, 9.17) is 4.74 Å². The van der Waals surface area contributed by atoms with Gasteiger partial charge in [-0.2, -0.15) is 10.2 Å². The Labute approximate surface area is 167 Å². The fraction of sp³-hybridized carbons (Fsp3) is 0.316. The number of hydrogen-bond donors (Lipinski definition) is 1. The van der Waals surface area contributed by atoms with Gasteiger partial charge in [0.1, 0.15) is 11.4 Å². The largest absolute Gasteiger partial charge is 0.497 e. The third kappa shape index (κ3) is 3.82. The molecule has 0 fully saturated rings. The van der Waals surface area contributed by atoms with Gasteiger partial charge >= 0.3 is 5.69 Å². The standard InChI is InChI=1S/C19H22N6O4/c1-11-16(20-19(26)18-17(25(27)28)12(2)21-23(18)4)13(3)24(22-11)10-14-7-6-8-15(9-14)29-5/h6-9H,10H2,1-5H3,(H,20,26). The van der Waals surface area contributed by atoms with Crippen LogP contribution in [0.1, 0.15) is 33.1 Å². The predicted octanol–water partition coefficient (Wildman–Crippen LogP) is 2.76. The number of nitrogens with zero attached hydrogens (tertiary/aromatic N) is 5. The zero-order valence-electron chi connectivity index (χ0n) is 16.9. The number of aryl methyl sites for hydroxylation is 3. The Balaban J connectivity index is 1.90. The number of methoxy groups -OCH3 is 1. The summed E-state index contributed by atoms with van der Waals surface area (Å²) in [5, 5.41) is 22.6. The third-order valence-corrected chi connectivity index (χ3v) is 4.67. The minimum Gasteiger partial charge on any atom is -0.497 e. The van der Waals surface area contributed by atoms with Crippen molar-refractivity contribution in [2.45, 2.75) is 27.3 Å². The Hall–Kier alpha value is -3.69. The minimum atomic E-state index is -0.605. The number of ether oxygens (including phenoxy) is 1. The highest BCUT2D eigenvalue weighted by molar-refractivity contribution is 6.06. The van der Waals surface area contributed by atoms with Crippen LogP contribution < -0.4 is 10.1 Å². The van der Waals surface area contributed by atoms with Crippen LogP contribution in [0.15, 0.2) is 24.3 Å². The third-order valence-electron chi connectivity index (χ3n) is 4.67. The van der Waals surface area contributed by atoms with Crippen LogP contribution >= 0.6 is 0 Å². The molecule has 0 atom stereocenters. The maximum absolute atomic E-state index is 12.8. The summed E-state index contributed by atoms with van der Waals surface area (Å²) < 4.78 is 8.23. The van der Waals surface area contributed by atoms with Gasteiger partial charge in [0, 0.05) is 7.05 Å². The first-order valence-corrected chi connectivity index (χ1v) is 8.89. The molecule has 2 heterocycles. The molecule has 29 heavy (non-hydrogen) atoms. The molecule has 0 aliphatic heterocycles. The van der Waals surface area contributed by atoms with Gasteiger partial charge in [-0.25, -0.2) is 0 Å². The van der Waals surface area contributed by atoms with Crippen LogP contribution in [-0.4, -0.2) is 37.5 Å². The monoisotopic (exact) mass is 398 g/mol. The van der Waals surface area contributed by atoms with Gasteiger partial charge in [-0.3, -0.25) is 24.3 Å². The van der Waals surface area contributed by atoms with E-state index in [-0.39, 0.29) is 17.1 Å². The van der Waals surface area contributed by atoms with Crippen LogP contribution in [0.5, 0.6) is 5.75 Å². The van der Waals surface area contributed by atoms with Gasteiger partial charge in [0.05, 0.1) is 35.7 Å². The molecular weight excluding hydrogens is 376 g/mol. The number of nitrogens with one attached hydrogen (secondary N) is 1. The van der Waals surface area contributed by atoms with E-state index in [1.807, 2.05) is 31.2 Å². The van der Waals surface area contributed by atoms with E-state index in [0.717, 1.165) is 17.0 Å². The highest BCUT2D eigenvalue weighted by atomic mass is 16.6. The molecule has 3 aromatic rings. The van der Waals surface area contributed by atoms with Gasteiger partial charge in [0.2, 0.25) is 5.69 Å². The summed E-state index contributed by atoms with van der Waals surface area (Å²) in [5.41, 5.74) is 2.64. The van der Waals surface area contributed by atoms with Gasteiger partial charge in [0.25, 0.3) is 5.91 Å². The van der Waals surface area contributed by atoms with E-state index >= 15 is 0 Å². The quantitative estimate of drug-likeness (QED) is 0.504. The molecule has 0 spiro atoms. The topological polar surface area (TPSA) is 117 Å². The first-order chi connectivity index (χ1) is 13.7. The van der Waals surface area contributed by atoms with Crippen molar-refractivity contribution < 1.29 is 14.5 Å². The van der Waals surface area contributed by atoms with E-state index in [2.05, 4.69) is 15.5 Å². The maximum Gasteiger partial charge on any atom is 0.322 e. The number of anilines is 1. The molecule has 3 rings (SSSR count). The molecule has 152 valence electrons. The number of nitro groups is 1. The summed E-state index contributed by atoms with van der Waals surface area (Å²) >= 11 is 0. The van der Waals surface area contributed by atoms with Crippen LogP contribution in [0, 0.1) is 30.9 Å². The van der Waals surface area contributed by atoms with Gasteiger partial charge in [-0.1, -0.05) is 12.1 Å². The summed E-state index contributed by atoms with van der Waals surface area (Å²) in [6, 6.07) is 7.63. The van der Waals surface area contributed by atoms with Crippen molar-refractivity contribution in [3.05, 3.63) is 62.7 Å². The van der Waals surface area contributed by atoms with Crippen molar-refractivity contribution in [1.29, 1.82) is 0 Å². The van der Waals surface area contributed by atoms with Crippen molar-refractivity contribution in [3.63, 3.8) is 0 Å². The van der Waals surface area contributed by atoms with Crippen molar-refractivity contribution in [2.24, 2.45) is 7.05 Å². The average Bonchev–Trinajstić information content (AvgIpc) is 3.11. The Bertz CT molecular complexity index is 1100. The molecule has 0 saturated carbocycles. The zero-order valence-corrected chi connectivity index (χ0v) is 16.9. The number of carbonyl (C=O) groups excluding carboxylic acids is 1. The lowest BCUT2D eigenvalue weighted by atomic mass is 10.2. The van der Waals surface area contributed by atoms with Gasteiger partial charge < -0.3 is 10.1 Å². The number of hydrogen-bond acceptors (Lipinski definition) is 6. The van der Waals surface area contributed by atoms with E-state index in [1.165, 1.54) is 18.7 Å². The molecule has 10 nitrogen and oxygen atoms in total. The Morgan fingerprint density at radius 1 is 1.24 bits per heavy atom. The molecule has 0 unspecified atom stereocenters. The second kappa shape index (κ2) is 7.74.